The second-order valence-corrected chi connectivity index (χ2v) is 3.27. The molecule has 2 aromatic rings. The third-order valence-corrected chi connectivity index (χ3v) is 2.04. The second kappa shape index (κ2) is 4.00. The van der Waals surface area contributed by atoms with Crippen molar-refractivity contribution in [2.75, 3.05) is 0 Å². The van der Waals surface area contributed by atoms with E-state index < -0.39 is 17.3 Å². The number of alkyl halides is 3. The molecule has 0 saturated carbocycles. The van der Waals surface area contributed by atoms with E-state index in [0.29, 0.717) is 0 Å². The maximum atomic E-state index is 12.4. The molecular weight excluding hydrogens is 235 g/mol. The van der Waals surface area contributed by atoms with Crippen molar-refractivity contribution in [2.24, 2.45) is 0 Å². The Morgan fingerprint density at radius 2 is 1.94 bits per heavy atom. The molecule has 0 saturated heterocycles. The van der Waals surface area contributed by atoms with Crippen molar-refractivity contribution in [1.82, 2.24) is 15.2 Å². The molecule has 0 unspecified atom stereocenters. The van der Waals surface area contributed by atoms with E-state index in [1.165, 1.54) is 18.3 Å². The van der Waals surface area contributed by atoms with Gasteiger partial charge in [-0.25, -0.2) is 5.10 Å². The molecule has 0 aliphatic rings. The van der Waals surface area contributed by atoms with Crippen LogP contribution >= 0.6 is 0 Å². The van der Waals surface area contributed by atoms with Crippen molar-refractivity contribution in [3.05, 3.63) is 46.5 Å². The number of aromatic amines is 1. The zero-order valence-corrected chi connectivity index (χ0v) is 8.32. The Hall–Kier alpha value is -2.18. The Morgan fingerprint density at radius 3 is 2.53 bits per heavy atom. The molecule has 2 aromatic heterocycles. The van der Waals surface area contributed by atoms with Gasteiger partial charge in [-0.3, -0.25) is 9.78 Å². The molecule has 0 bridgehead atoms. The predicted molar refractivity (Wildman–Crippen MR) is 53.1 cm³/mol. The standard InChI is InChI=1S/C10H6F3N3O/c11-10(12,13)7-3-6(4-14-5-7)8-1-2-9(17)16-15-8/h1-5H,(H,16,17). The molecule has 17 heavy (non-hydrogen) atoms. The lowest BCUT2D eigenvalue weighted by atomic mass is 10.1. The van der Waals surface area contributed by atoms with Gasteiger partial charge in [0, 0.05) is 24.0 Å². The summed E-state index contributed by atoms with van der Waals surface area (Å²) in [5.74, 6) is 0. The van der Waals surface area contributed by atoms with E-state index in [0.717, 1.165) is 12.3 Å². The van der Waals surface area contributed by atoms with E-state index in [9.17, 15) is 18.0 Å². The van der Waals surface area contributed by atoms with Crippen molar-refractivity contribution < 1.29 is 13.2 Å². The van der Waals surface area contributed by atoms with Crippen molar-refractivity contribution in [3.63, 3.8) is 0 Å². The Labute approximate surface area is 93.1 Å². The van der Waals surface area contributed by atoms with E-state index >= 15 is 0 Å². The number of hydrogen-bond donors (Lipinski definition) is 1. The highest BCUT2D eigenvalue weighted by atomic mass is 19.4. The lowest BCUT2D eigenvalue weighted by molar-refractivity contribution is -0.137. The fourth-order valence-electron chi connectivity index (χ4n) is 1.24. The Kier molecular flexibility index (Phi) is 2.66. The molecule has 7 heteroatoms. The number of pyridine rings is 1. The van der Waals surface area contributed by atoms with E-state index in [4.69, 9.17) is 0 Å². The highest BCUT2D eigenvalue weighted by Crippen LogP contribution is 2.30. The topological polar surface area (TPSA) is 58.6 Å². The molecule has 0 fully saturated rings. The van der Waals surface area contributed by atoms with Gasteiger partial charge in [0.15, 0.2) is 0 Å². The SMILES string of the molecule is O=c1ccc(-c2cncc(C(F)(F)F)c2)n[nH]1. The number of nitrogens with one attached hydrogen (secondary N) is 1. The lowest BCUT2D eigenvalue weighted by Crippen LogP contribution is -2.07. The first-order valence-corrected chi connectivity index (χ1v) is 4.55. The van der Waals surface area contributed by atoms with Crippen LogP contribution in [0.3, 0.4) is 0 Å². The molecule has 0 radical (unpaired) electrons. The van der Waals surface area contributed by atoms with Gasteiger partial charge in [-0.1, -0.05) is 0 Å². The summed E-state index contributed by atoms with van der Waals surface area (Å²) < 4.78 is 37.3. The summed E-state index contributed by atoms with van der Waals surface area (Å²) in [6, 6.07) is 3.44. The van der Waals surface area contributed by atoms with Gasteiger partial charge in [-0.05, 0) is 12.1 Å². The van der Waals surface area contributed by atoms with Crippen molar-refractivity contribution in [2.45, 2.75) is 6.18 Å². The highest BCUT2D eigenvalue weighted by molar-refractivity contribution is 5.57. The van der Waals surface area contributed by atoms with Gasteiger partial charge < -0.3 is 0 Å². The number of H-pyrrole nitrogens is 1. The van der Waals surface area contributed by atoms with Gasteiger partial charge in [-0.15, -0.1) is 0 Å². The summed E-state index contributed by atoms with van der Waals surface area (Å²) in [5.41, 5.74) is -0.865. The zero-order chi connectivity index (χ0) is 12.5. The molecule has 1 N–H and O–H groups in total. The van der Waals surface area contributed by atoms with Gasteiger partial charge in [-0.2, -0.15) is 18.3 Å². The van der Waals surface area contributed by atoms with Crippen molar-refractivity contribution >= 4 is 0 Å². The van der Waals surface area contributed by atoms with Crippen LogP contribution in [0.2, 0.25) is 0 Å². The van der Waals surface area contributed by atoms with Crippen LogP contribution in [0.1, 0.15) is 5.56 Å². The van der Waals surface area contributed by atoms with Crippen molar-refractivity contribution in [3.8, 4) is 11.3 Å². The van der Waals surface area contributed by atoms with Gasteiger partial charge >= 0.3 is 6.18 Å². The molecule has 0 aliphatic heterocycles. The first kappa shape index (κ1) is 11.3. The molecule has 0 spiro atoms. The summed E-state index contributed by atoms with van der Waals surface area (Å²) in [6.45, 7) is 0. The minimum Gasteiger partial charge on any atom is -0.268 e. The average Bonchev–Trinajstić information content (AvgIpc) is 2.29. The van der Waals surface area contributed by atoms with Crippen LogP contribution in [0, 0.1) is 0 Å². The van der Waals surface area contributed by atoms with Crippen LogP contribution < -0.4 is 5.56 Å². The van der Waals surface area contributed by atoms with Crippen LogP contribution in [-0.4, -0.2) is 15.2 Å². The van der Waals surface area contributed by atoms with Crippen LogP contribution in [0.4, 0.5) is 13.2 Å². The third-order valence-electron chi connectivity index (χ3n) is 2.04. The average molecular weight is 241 g/mol. The number of hydrogen-bond acceptors (Lipinski definition) is 3. The molecule has 0 aromatic carbocycles. The summed E-state index contributed by atoms with van der Waals surface area (Å²) in [6.07, 6.45) is -2.48. The summed E-state index contributed by atoms with van der Waals surface area (Å²) >= 11 is 0. The lowest BCUT2D eigenvalue weighted by Gasteiger charge is -2.07. The van der Waals surface area contributed by atoms with E-state index in [1.807, 2.05) is 0 Å². The van der Waals surface area contributed by atoms with Gasteiger partial charge in [0.1, 0.15) is 0 Å². The van der Waals surface area contributed by atoms with Crippen LogP contribution in [-0.2, 0) is 6.18 Å². The minimum absolute atomic E-state index is 0.191. The number of rotatable bonds is 1. The number of aromatic nitrogens is 3. The van der Waals surface area contributed by atoms with Crippen LogP contribution in [0.15, 0.2) is 35.4 Å². The van der Waals surface area contributed by atoms with Gasteiger partial charge in [0.05, 0.1) is 11.3 Å². The Balaban J connectivity index is 2.47. The van der Waals surface area contributed by atoms with E-state index in [1.54, 1.807) is 0 Å². The largest absolute Gasteiger partial charge is 0.417 e. The first-order valence-electron chi connectivity index (χ1n) is 4.55. The summed E-state index contributed by atoms with van der Waals surface area (Å²) in [5, 5.41) is 5.77. The highest BCUT2D eigenvalue weighted by Gasteiger charge is 2.31. The maximum Gasteiger partial charge on any atom is 0.417 e. The molecule has 88 valence electrons. The molecule has 0 aliphatic carbocycles. The summed E-state index contributed by atoms with van der Waals surface area (Å²) in [4.78, 5) is 14.3. The van der Waals surface area contributed by atoms with Crippen LogP contribution in [0.25, 0.3) is 11.3 Å². The molecule has 0 amide bonds. The van der Waals surface area contributed by atoms with Gasteiger partial charge in [0.25, 0.3) is 5.56 Å². The second-order valence-electron chi connectivity index (χ2n) is 3.27. The summed E-state index contributed by atoms with van der Waals surface area (Å²) in [7, 11) is 0. The molecule has 2 rings (SSSR count). The third kappa shape index (κ3) is 2.49. The quantitative estimate of drug-likeness (QED) is 0.828. The van der Waals surface area contributed by atoms with E-state index in [-0.39, 0.29) is 11.3 Å². The molecule has 2 heterocycles. The Morgan fingerprint density at radius 1 is 1.18 bits per heavy atom. The monoisotopic (exact) mass is 241 g/mol. The molecular formula is C10H6F3N3O. The molecule has 0 atom stereocenters. The fourth-order valence-corrected chi connectivity index (χ4v) is 1.24. The fraction of sp³-hybridized carbons (Fsp3) is 0.100. The number of nitrogens with zero attached hydrogens (tertiary/aromatic N) is 2. The van der Waals surface area contributed by atoms with Crippen molar-refractivity contribution in [1.29, 1.82) is 0 Å². The Bertz CT molecular complexity index is 571. The van der Waals surface area contributed by atoms with Gasteiger partial charge in [0.2, 0.25) is 0 Å². The number of halogens is 3. The van der Waals surface area contributed by atoms with Crippen LogP contribution in [0.5, 0.6) is 0 Å². The zero-order valence-electron chi connectivity index (χ0n) is 8.32. The maximum absolute atomic E-state index is 12.4. The molecule has 4 nitrogen and oxygen atoms in total. The minimum atomic E-state index is -4.45. The predicted octanol–water partition coefficient (Wildman–Crippen LogP) is 1.85. The smallest absolute Gasteiger partial charge is 0.268 e. The first-order chi connectivity index (χ1) is 7.97. The normalized spacial score (nSPS) is 11.5. The van der Waals surface area contributed by atoms with E-state index in [2.05, 4.69) is 15.2 Å².